The zero-order valence-corrected chi connectivity index (χ0v) is 14.5. The van der Waals surface area contributed by atoms with Crippen molar-refractivity contribution in [3.63, 3.8) is 0 Å². The fourth-order valence-corrected chi connectivity index (χ4v) is 3.38. The number of carboxylic acid groups (broad SMARTS) is 1. The average molecular weight is 355 g/mol. The molecule has 0 aliphatic carbocycles. The molecule has 4 rings (SSSR count). The summed E-state index contributed by atoms with van der Waals surface area (Å²) in [6.45, 7) is 5.69. The van der Waals surface area contributed by atoms with Crippen molar-refractivity contribution in [3.8, 4) is 11.3 Å². The number of carbonyl (C=O) groups is 1. The van der Waals surface area contributed by atoms with Crippen LogP contribution in [-0.2, 0) is 17.8 Å². The second kappa shape index (κ2) is 6.89. The van der Waals surface area contributed by atoms with Gasteiger partial charge in [0.2, 0.25) is 5.95 Å². The first-order valence-corrected chi connectivity index (χ1v) is 8.67. The minimum absolute atomic E-state index is 0.228. The zero-order valence-electron chi connectivity index (χ0n) is 14.5. The molecule has 0 radical (unpaired) electrons. The van der Waals surface area contributed by atoms with Crippen LogP contribution in [0, 0.1) is 0 Å². The van der Waals surface area contributed by atoms with E-state index in [4.69, 9.17) is 19.8 Å². The largest absolute Gasteiger partial charge is 0.465 e. The lowest BCUT2D eigenvalue weighted by molar-refractivity contribution is 0.0981. The summed E-state index contributed by atoms with van der Waals surface area (Å²) >= 11 is 0. The Morgan fingerprint density at radius 3 is 2.85 bits per heavy atom. The third-order valence-corrected chi connectivity index (χ3v) is 4.71. The molecule has 2 aliphatic heterocycles. The highest BCUT2D eigenvalue weighted by Crippen LogP contribution is 2.30. The van der Waals surface area contributed by atoms with Crippen LogP contribution in [0.3, 0.4) is 0 Å². The molecule has 2 aromatic rings. The van der Waals surface area contributed by atoms with Gasteiger partial charge < -0.3 is 20.1 Å². The third-order valence-electron chi connectivity index (χ3n) is 4.71. The molecule has 0 spiro atoms. The van der Waals surface area contributed by atoms with E-state index in [9.17, 15) is 4.79 Å². The second-order valence-electron chi connectivity index (χ2n) is 6.53. The van der Waals surface area contributed by atoms with Gasteiger partial charge in [-0.25, -0.2) is 14.8 Å². The monoisotopic (exact) mass is 355 g/mol. The van der Waals surface area contributed by atoms with Crippen molar-refractivity contribution in [2.45, 2.75) is 26.1 Å². The summed E-state index contributed by atoms with van der Waals surface area (Å²) in [6.07, 6.45) is -1.08. The number of morpholine rings is 1. The van der Waals surface area contributed by atoms with E-state index >= 15 is 0 Å². The molecule has 2 aliphatic rings. The van der Waals surface area contributed by atoms with Crippen LogP contribution in [0.1, 0.15) is 18.2 Å². The number of ether oxygens (including phenoxy) is 1. The first-order valence-electron chi connectivity index (χ1n) is 8.67. The van der Waals surface area contributed by atoms with E-state index in [0.717, 1.165) is 48.1 Å². The molecule has 0 saturated carbocycles. The minimum Gasteiger partial charge on any atom is -0.465 e. The van der Waals surface area contributed by atoms with Crippen LogP contribution in [0.5, 0.6) is 0 Å². The Hall–Kier alpha value is -2.71. The SMILES string of the molecule is CC1COCCN1c1nc2c(c(-c3ccc(NC(=O)O)cc3)n1)CNC2. The highest BCUT2D eigenvalue weighted by atomic mass is 16.5. The van der Waals surface area contributed by atoms with Crippen molar-refractivity contribution in [2.24, 2.45) is 0 Å². The Bertz CT molecular complexity index is 824. The van der Waals surface area contributed by atoms with E-state index in [0.29, 0.717) is 18.9 Å². The molecular formula is C18H21N5O3. The number of rotatable bonds is 3. The van der Waals surface area contributed by atoms with Crippen LogP contribution in [0.15, 0.2) is 24.3 Å². The molecule has 3 N–H and O–H groups in total. The van der Waals surface area contributed by atoms with Gasteiger partial charge in [0.25, 0.3) is 0 Å². The number of nitrogens with one attached hydrogen (secondary N) is 2. The van der Waals surface area contributed by atoms with Gasteiger partial charge in [-0.05, 0) is 19.1 Å². The normalized spacial score (nSPS) is 19.3. The molecule has 3 heterocycles. The maximum Gasteiger partial charge on any atom is 0.409 e. The molecule has 1 atom stereocenters. The lowest BCUT2D eigenvalue weighted by Gasteiger charge is -2.33. The summed E-state index contributed by atoms with van der Waals surface area (Å²) in [5.41, 5.74) is 4.51. The first-order chi connectivity index (χ1) is 12.6. The summed E-state index contributed by atoms with van der Waals surface area (Å²) in [6, 6.07) is 7.50. The number of benzene rings is 1. The molecule has 1 aromatic heterocycles. The second-order valence-corrected chi connectivity index (χ2v) is 6.53. The van der Waals surface area contributed by atoms with Crippen LogP contribution in [0.4, 0.5) is 16.4 Å². The molecule has 1 fully saturated rings. The van der Waals surface area contributed by atoms with Gasteiger partial charge in [-0.2, -0.15) is 0 Å². The van der Waals surface area contributed by atoms with E-state index < -0.39 is 6.09 Å². The van der Waals surface area contributed by atoms with Crippen LogP contribution in [-0.4, -0.2) is 47.0 Å². The maximum absolute atomic E-state index is 10.8. The molecule has 136 valence electrons. The highest BCUT2D eigenvalue weighted by Gasteiger charge is 2.26. The van der Waals surface area contributed by atoms with Gasteiger partial charge >= 0.3 is 6.09 Å². The number of hydrogen-bond acceptors (Lipinski definition) is 6. The number of hydrogen-bond donors (Lipinski definition) is 3. The van der Waals surface area contributed by atoms with Crippen molar-refractivity contribution in [2.75, 3.05) is 30.0 Å². The van der Waals surface area contributed by atoms with Crippen molar-refractivity contribution >= 4 is 17.7 Å². The van der Waals surface area contributed by atoms with E-state index in [1.807, 2.05) is 12.1 Å². The summed E-state index contributed by atoms with van der Waals surface area (Å²) in [5.74, 6) is 0.728. The molecule has 8 heteroatoms. The van der Waals surface area contributed by atoms with Crippen molar-refractivity contribution < 1.29 is 14.6 Å². The summed E-state index contributed by atoms with van der Waals surface area (Å²) in [7, 11) is 0. The molecule has 1 saturated heterocycles. The van der Waals surface area contributed by atoms with Crippen LogP contribution < -0.4 is 15.5 Å². The molecule has 8 nitrogen and oxygen atoms in total. The van der Waals surface area contributed by atoms with E-state index in [1.54, 1.807) is 12.1 Å². The number of aromatic nitrogens is 2. The number of fused-ring (bicyclic) bond motifs is 1. The zero-order chi connectivity index (χ0) is 18.1. The quantitative estimate of drug-likeness (QED) is 0.775. The fourth-order valence-electron chi connectivity index (χ4n) is 3.38. The Balaban J connectivity index is 1.72. The van der Waals surface area contributed by atoms with Gasteiger partial charge in [-0.15, -0.1) is 0 Å². The smallest absolute Gasteiger partial charge is 0.409 e. The third kappa shape index (κ3) is 3.21. The average Bonchev–Trinajstić information content (AvgIpc) is 3.10. The van der Waals surface area contributed by atoms with Gasteiger partial charge in [0.15, 0.2) is 0 Å². The van der Waals surface area contributed by atoms with E-state index in [1.165, 1.54) is 0 Å². The summed E-state index contributed by atoms with van der Waals surface area (Å²) in [4.78, 5) is 22.6. The molecule has 1 aromatic carbocycles. The summed E-state index contributed by atoms with van der Waals surface area (Å²) in [5, 5.41) is 14.5. The lowest BCUT2D eigenvalue weighted by Crippen LogP contribution is -2.44. The first kappa shape index (κ1) is 16.7. The van der Waals surface area contributed by atoms with Gasteiger partial charge in [-0.3, -0.25) is 5.32 Å². The van der Waals surface area contributed by atoms with Crippen LogP contribution in [0.25, 0.3) is 11.3 Å². The van der Waals surface area contributed by atoms with Crippen LogP contribution in [0.2, 0.25) is 0 Å². The lowest BCUT2D eigenvalue weighted by atomic mass is 10.1. The standard InChI is InChI=1S/C18H21N5O3/c1-11-10-26-7-6-23(11)17-21-15-9-19-8-14(15)16(22-17)12-2-4-13(5-3-12)20-18(24)25/h2-5,11,19-20H,6-10H2,1H3,(H,24,25). The van der Waals surface area contributed by atoms with Crippen molar-refractivity contribution in [1.29, 1.82) is 0 Å². The van der Waals surface area contributed by atoms with Gasteiger partial charge in [0.05, 0.1) is 30.6 Å². The number of nitrogens with zero attached hydrogens (tertiary/aromatic N) is 3. The number of amides is 1. The Kier molecular flexibility index (Phi) is 4.44. The van der Waals surface area contributed by atoms with E-state index in [2.05, 4.69) is 22.5 Å². The molecule has 0 bridgehead atoms. The van der Waals surface area contributed by atoms with E-state index in [-0.39, 0.29) is 6.04 Å². The Labute approximate surface area is 151 Å². The molecule has 1 amide bonds. The Morgan fingerprint density at radius 2 is 2.12 bits per heavy atom. The molecule has 26 heavy (non-hydrogen) atoms. The van der Waals surface area contributed by atoms with Gasteiger partial charge in [-0.1, -0.05) is 12.1 Å². The molecule has 1 unspecified atom stereocenters. The van der Waals surface area contributed by atoms with Gasteiger partial charge in [0.1, 0.15) is 0 Å². The predicted octanol–water partition coefficient (Wildman–Crippen LogP) is 2.06. The predicted molar refractivity (Wildman–Crippen MR) is 97.3 cm³/mol. The van der Waals surface area contributed by atoms with Gasteiger partial charge in [0, 0.05) is 36.4 Å². The minimum atomic E-state index is -1.08. The highest BCUT2D eigenvalue weighted by molar-refractivity contribution is 5.83. The molecular weight excluding hydrogens is 334 g/mol. The Morgan fingerprint density at radius 1 is 1.31 bits per heavy atom. The fraction of sp³-hybridized carbons (Fsp3) is 0.389. The summed E-state index contributed by atoms with van der Waals surface area (Å²) < 4.78 is 5.52. The number of anilines is 2. The topological polar surface area (TPSA) is 99.6 Å². The van der Waals surface area contributed by atoms with Crippen molar-refractivity contribution in [3.05, 3.63) is 35.5 Å². The van der Waals surface area contributed by atoms with Crippen molar-refractivity contribution in [1.82, 2.24) is 15.3 Å². The maximum atomic E-state index is 10.8. The van der Waals surface area contributed by atoms with Crippen LogP contribution >= 0.6 is 0 Å².